The molecule has 0 radical (unpaired) electrons. The maximum absolute atomic E-state index is 13.8. The quantitative estimate of drug-likeness (QED) is 0.430. The molecule has 0 bridgehead atoms. The number of anilines is 1. The Balaban J connectivity index is 1.49. The van der Waals surface area contributed by atoms with E-state index in [1.165, 1.54) is 35.6 Å². The summed E-state index contributed by atoms with van der Waals surface area (Å²) in [6.07, 6.45) is 4.72. The summed E-state index contributed by atoms with van der Waals surface area (Å²) in [6.45, 7) is 8.99. The van der Waals surface area contributed by atoms with Crippen LogP contribution in [0.1, 0.15) is 22.5 Å². The number of nitrogens with one attached hydrogen (secondary N) is 1. The topological polar surface area (TPSA) is 65.4 Å². The van der Waals surface area contributed by atoms with Crippen molar-refractivity contribution in [3.8, 4) is 17.0 Å². The van der Waals surface area contributed by atoms with E-state index < -0.39 is 5.82 Å². The summed E-state index contributed by atoms with van der Waals surface area (Å²) in [5, 5.41) is 5.17. The van der Waals surface area contributed by atoms with Crippen LogP contribution >= 0.6 is 11.3 Å². The van der Waals surface area contributed by atoms with Crippen molar-refractivity contribution in [1.29, 1.82) is 0 Å². The molecule has 0 spiro atoms. The average Bonchev–Trinajstić information content (AvgIpc) is 3.31. The first-order valence-corrected chi connectivity index (χ1v) is 10.6. The van der Waals surface area contributed by atoms with Gasteiger partial charge in [0.1, 0.15) is 11.6 Å². The fourth-order valence-electron chi connectivity index (χ4n) is 3.57. The molecule has 1 amide bonds. The number of allylic oxidation sites excluding steroid dienone is 1. The van der Waals surface area contributed by atoms with Crippen LogP contribution in [0.4, 0.5) is 9.52 Å². The van der Waals surface area contributed by atoms with E-state index in [2.05, 4.69) is 27.5 Å². The van der Waals surface area contributed by atoms with Crippen LogP contribution in [0.2, 0.25) is 0 Å². The first-order chi connectivity index (χ1) is 15.0. The van der Waals surface area contributed by atoms with E-state index in [1.807, 2.05) is 25.3 Å². The molecule has 8 heteroatoms. The van der Waals surface area contributed by atoms with Crippen molar-refractivity contribution in [2.24, 2.45) is 0 Å². The summed E-state index contributed by atoms with van der Waals surface area (Å²) in [5.74, 6) is -0.238. The molecular weight excluding hydrogens is 417 g/mol. The van der Waals surface area contributed by atoms with Gasteiger partial charge < -0.3 is 14.0 Å². The second-order valence-electron chi connectivity index (χ2n) is 7.14. The van der Waals surface area contributed by atoms with Crippen molar-refractivity contribution in [3.05, 3.63) is 70.6 Å². The van der Waals surface area contributed by atoms with Crippen LogP contribution in [0, 0.1) is 19.7 Å². The van der Waals surface area contributed by atoms with Crippen LogP contribution in [0.25, 0.3) is 17.3 Å². The van der Waals surface area contributed by atoms with E-state index in [0.29, 0.717) is 22.0 Å². The molecule has 2 aromatic heterocycles. The summed E-state index contributed by atoms with van der Waals surface area (Å²) in [7, 11) is 0. The lowest BCUT2D eigenvalue weighted by Crippen LogP contribution is -2.13. The Kier molecular flexibility index (Phi) is 6.01. The Labute approximate surface area is 183 Å². The molecule has 0 saturated heterocycles. The monoisotopic (exact) mass is 439 g/mol. The van der Waals surface area contributed by atoms with E-state index in [4.69, 9.17) is 9.47 Å². The van der Waals surface area contributed by atoms with Crippen molar-refractivity contribution in [3.63, 3.8) is 0 Å². The molecule has 3 aromatic rings. The molecule has 0 atom stereocenters. The number of thiazole rings is 1. The van der Waals surface area contributed by atoms with Crippen LogP contribution < -0.4 is 10.1 Å². The minimum Gasteiger partial charge on any atom is -0.467 e. The Hall–Kier alpha value is -3.23. The van der Waals surface area contributed by atoms with E-state index >= 15 is 0 Å². The predicted octanol–water partition coefficient (Wildman–Crippen LogP) is 5.07. The lowest BCUT2D eigenvalue weighted by molar-refractivity contribution is -0.111. The van der Waals surface area contributed by atoms with Gasteiger partial charge in [0.15, 0.2) is 11.9 Å². The van der Waals surface area contributed by atoms with Gasteiger partial charge in [-0.1, -0.05) is 6.08 Å². The lowest BCUT2D eigenvalue weighted by atomic mass is 10.1. The van der Waals surface area contributed by atoms with Gasteiger partial charge in [0.25, 0.3) is 0 Å². The lowest BCUT2D eigenvalue weighted by Gasteiger charge is -2.19. The van der Waals surface area contributed by atoms with Crippen molar-refractivity contribution < 1.29 is 18.7 Å². The maximum Gasteiger partial charge on any atom is 0.250 e. The highest BCUT2D eigenvalue weighted by Gasteiger charge is 2.16. The number of benzene rings is 1. The highest BCUT2D eigenvalue weighted by Crippen LogP contribution is 2.31. The summed E-state index contributed by atoms with van der Waals surface area (Å²) in [6, 6.07) is 4.78. The fourth-order valence-corrected chi connectivity index (χ4v) is 4.28. The molecule has 0 fully saturated rings. The van der Waals surface area contributed by atoms with Crippen molar-refractivity contribution >= 4 is 28.5 Å². The summed E-state index contributed by atoms with van der Waals surface area (Å²) < 4.78 is 26.6. The van der Waals surface area contributed by atoms with Crippen LogP contribution in [-0.4, -0.2) is 22.3 Å². The molecule has 31 heavy (non-hydrogen) atoms. The largest absolute Gasteiger partial charge is 0.467 e. The second kappa shape index (κ2) is 8.87. The third-order valence-corrected chi connectivity index (χ3v) is 5.77. The summed E-state index contributed by atoms with van der Waals surface area (Å²) in [4.78, 5) is 16.9. The first-order valence-electron chi connectivity index (χ1n) is 9.72. The van der Waals surface area contributed by atoms with Gasteiger partial charge in [-0.25, -0.2) is 9.37 Å². The van der Waals surface area contributed by atoms with Gasteiger partial charge in [-0.15, -0.1) is 17.9 Å². The van der Waals surface area contributed by atoms with E-state index in [0.717, 1.165) is 29.2 Å². The Morgan fingerprint density at radius 1 is 1.39 bits per heavy atom. The molecule has 4 rings (SSSR count). The van der Waals surface area contributed by atoms with Crippen LogP contribution in [0.15, 0.2) is 42.3 Å². The highest BCUT2D eigenvalue weighted by molar-refractivity contribution is 7.14. The number of rotatable bonds is 6. The first kappa shape index (κ1) is 21.0. The molecule has 6 nitrogen and oxygen atoms in total. The van der Waals surface area contributed by atoms with E-state index in [9.17, 15) is 9.18 Å². The number of hydrogen-bond donors (Lipinski definition) is 1. The van der Waals surface area contributed by atoms with Crippen molar-refractivity contribution in [1.82, 2.24) is 9.55 Å². The Bertz CT molecular complexity index is 1180. The van der Waals surface area contributed by atoms with E-state index in [-0.39, 0.29) is 19.3 Å². The molecule has 1 aliphatic heterocycles. The Morgan fingerprint density at radius 3 is 3.03 bits per heavy atom. The van der Waals surface area contributed by atoms with Gasteiger partial charge >= 0.3 is 0 Å². The number of fused-ring (bicyclic) bond motifs is 1. The molecule has 0 saturated carbocycles. The molecule has 0 unspecified atom stereocenters. The molecule has 1 N–H and O–H groups in total. The summed E-state index contributed by atoms with van der Waals surface area (Å²) in [5.41, 5.74) is 5.16. The minimum absolute atomic E-state index is 0.0982. The number of hydrogen-bond acceptors (Lipinski definition) is 5. The van der Waals surface area contributed by atoms with Crippen LogP contribution in [-0.2, 0) is 22.7 Å². The van der Waals surface area contributed by atoms with E-state index in [1.54, 1.807) is 0 Å². The van der Waals surface area contributed by atoms with Crippen molar-refractivity contribution in [2.75, 3.05) is 12.1 Å². The second-order valence-corrected chi connectivity index (χ2v) is 8.00. The minimum atomic E-state index is -0.411. The van der Waals surface area contributed by atoms with Gasteiger partial charge in [-0.3, -0.25) is 10.1 Å². The zero-order valence-corrected chi connectivity index (χ0v) is 18.1. The number of aryl methyl sites for hydroxylation is 1. The molecule has 0 aliphatic carbocycles. The molecule has 3 heterocycles. The average molecular weight is 440 g/mol. The number of carbonyl (C=O) groups excluding carboxylic acids is 1. The number of nitrogens with zero attached hydrogens (tertiary/aromatic N) is 2. The fraction of sp³-hybridized carbons (Fsp3) is 0.217. The van der Waals surface area contributed by atoms with Crippen LogP contribution in [0.5, 0.6) is 5.75 Å². The Morgan fingerprint density at radius 2 is 2.23 bits per heavy atom. The normalized spacial score (nSPS) is 13.1. The van der Waals surface area contributed by atoms with Gasteiger partial charge in [0.05, 0.1) is 12.3 Å². The molecular formula is C23H22FN3O3S. The third-order valence-electron chi connectivity index (χ3n) is 5.01. The molecule has 160 valence electrons. The number of amides is 1. The highest BCUT2D eigenvalue weighted by atomic mass is 32.1. The number of ether oxygens (including phenoxy) is 2. The molecule has 1 aliphatic rings. The van der Waals surface area contributed by atoms with Crippen molar-refractivity contribution in [2.45, 2.75) is 27.0 Å². The maximum atomic E-state index is 13.8. The van der Waals surface area contributed by atoms with Gasteiger partial charge in [-0.05, 0) is 38.1 Å². The zero-order valence-electron chi connectivity index (χ0n) is 17.3. The number of halogens is 1. The third kappa shape index (κ3) is 4.45. The van der Waals surface area contributed by atoms with Gasteiger partial charge in [0, 0.05) is 46.1 Å². The zero-order chi connectivity index (χ0) is 22.0. The molecule has 1 aromatic carbocycles. The number of carbonyl (C=O) groups is 1. The SMILES string of the molecule is C=CCn1c(C)cc(-c2csc(NC(=O)/C=C/c3cc(F)cc4c3OCOC4)n2)c1C. The smallest absolute Gasteiger partial charge is 0.250 e. The predicted molar refractivity (Wildman–Crippen MR) is 120 cm³/mol. The summed E-state index contributed by atoms with van der Waals surface area (Å²) >= 11 is 1.35. The van der Waals surface area contributed by atoms with Crippen LogP contribution in [0.3, 0.4) is 0 Å². The van der Waals surface area contributed by atoms with Gasteiger partial charge in [0.2, 0.25) is 5.91 Å². The standard InChI is InChI=1S/C23H22FN3O3S/c1-4-7-27-14(2)8-19(15(27)3)20-12-31-23(25-20)26-21(28)6-5-16-9-18(24)10-17-11-29-13-30-22(16)17/h4-6,8-10,12H,1,7,11,13H2,2-3H3,(H,25,26,28)/b6-5+. The van der Waals surface area contributed by atoms with Gasteiger partial charge in [-0.2, -0.15) is 0 Å². The number of aromatic nitrogens is 2.